The zero-order chi connectivity index (χ0) is 12.3. The number of non-ortho nitro benzene ring substituents is 1. The van der Waals surface area contributed by atoms with Gasteiger partial charge in [-0.1, -0.05) is 6.07 Å². The minimum atomic E-state index is -0.418. The highest BCUT2D eigenvalue weighted by atomic mass is 16.6. The highest BCUT2D eigenvalue weighted by Crippen LogP contribution is 2.24. The van der Waals surface area contributed by atoms with E-state index in [2.05, 4.69) is 6.07 Å². The van der Waals surface area contributed by atoms with Crippen molar-refractivity contribution in [3.8, 4) is 16.9 Å². The van der Waals surface area contributed by atoms with Crippen LogP contribution >= 0.6 is 0 Å². The van der Waals surface area contributed by atoms with Crippen LogP contribution in [-0.2, 0) is 0 Å². The van der Waals surface area contributed by atoms with Gasteiger partial charge in [-0.05, 0) is 41.5 Å². The molecule has 2 rings (SSSR count). The summed E-state index contributed by atoms with van der Waals surface area (Å²) in [7, 11) is 1.59. The van der Waals surface area contributed by atoms with E-state index in [4.69, 9.17) is 4.74 Å². The summed E-state index contributed by atoms with van der Waals surface area (Å²) in [5.41, 5.74) is 1.80. The summed E-state index contributed by atoms with van der Waals surface area (Å²) in [6.45, 7) is 0. The Balaban J connectivity index is 2.36. The van der Waals surface area contributed by atoms with Crippen LogP contribution in [0.2, 0.25) is 0 Å². The van der Waals surface area contributed by atoms with E-state index < -0.39 is 4.92 Å². The molecule has 0 aliphatic rings. The van der Waals surface area contributed by atoms with Gasteiger partial charge in [-0.25, -0.2) is 0 Å². The van der Waals surface area contributed by atoms with Crippen LogP contribution in [0, 0.1) is 16.2 Å². The van der Waals surface area contributed by atoms with Crippen LogP contribution in [0.15, 0.2) is 42.5 Å². The normalized spacial score (nSPS) is 9.94. The second kappa shape index (κ2) is 4.65. The fraction of sp³-hybridized carbons (Fsp3) is 0.0769. The summed E-state index contributed by atoms with van der Waals surface area (Å²) in [5, 5.41) is 10.5. The quantitative estimate of drug-likeness (QED) is 0.599. The third-order valence-electron chi connectivity index (χ3n) is 2.40. The second-order valence-corrected chi connectivity index (χ2v) is 3.45. The molecule has 1 radical (unpaired) electrons. The van der Waals surface area contributed by atoms with Crippen molar-refractivity contribution < 1.29 is 9.66 Å². The van der Waals surface area contributed by atoms with E-state index in [1.54, 1.807) is 31.4 Å². The smallest absolute Gasteiger partial charge is 0.269 e. The van der Waals surface area contributed by atoms with Gasteiger partial charge in [0.15, 0.2) is 0 Å². The van der Waals surface area contributed by atoms with Crippen molar-refractivity contribution in [3.05, 3.63) is 58.6 Å². The number of methoxy groups -OCH3 is 1. The van der Waals surface area contributed by atoms with E-state index >= 15 is 0 Å². The van der Waals surface area contributed by atoms with Crippen molar-refractivity contribution >= 4 is 5.69 Å². The molecule has 0 atom stereocenters. The zero-order valence-corrected chi connectivity index (χ0v) is 9.21. The molecule has 0 saturated heterocycles. The van der Waals surface area contributed by atoms with Crippen LogP contribution in [0.1, 0.15) is 0 Å². The van der Waals surface area contributed by atoms with Crippen LogP contribution in [0.5, 0.6) is 5.75 Å². The average molecular weight is 228 g/mol. The van der Waals surface area contributed by atoms with Gasteiger partial charge in [0.2, 0.25) is 0 Å². The largest absolute Gasteiger partial charge is 0.497 e. The van der Waals surface area contributed by atoms with Crippen LogP contribution in [0.25, 0.3) is 11.1 Å². The molecule has 2 aromatic carbocycles. The van der Waals surface area contributed by atoms with Gasteiger partial charge in [0, 0.05) is 12.1 Å². The fourth-order valence-electron chi connectivity index (χ4n) is 1.50. The number of hydrogen-bond acceptors (Lipinski definition) is 3. The Hall–Kier alpha value is -2.36. The van der Waals surface area contributed by atoms with E-state index in [-0.39, 0.29) is 5.69 Å². The number of nitro benzene ring substituents is 1. The van der Waals surface area contributed by atoms with Gasteiger partial charge in [0.25, 0.3) is 5.69 Å². The van der Waals surface area contributed by atoms with Crippen molar-refractivity contribution in [1.82, 2.24) is 0 Å². The molecule has 0 aliphatic heterocycles. The van der Waals surface area contributed by atoms with Crippen LogP contribution in [-0.4, -0.2) is 12.0 Å². The number of nitro groups is 1. The molecule has 85 valence electrons. The van der Waals surface area contributed by atoms with Crippen molar-refractivity contribution in [2.24, 2.45) is 0 Å². The third-order valence-corrected chi connectivity index (χ3v) is 2.40. The summed E-state index contributed by atoms with van der Waals surface area (Å²) >= 11 is 0. The molecule has 0 heterocycles. The Morgan fingerprint density at radius 3 is 2.53 bits per heavy atom. The maximum atomic E-state index is 10.5. The molecule has 0 N–H and O–H groups in total. The summed E-state index contributed by atoms with van der Waals surface area (Å²) in [6.07, 6.45) is 0. The second-order valence-electron chi connectivity index (χ2n) is 3.45. The topological polar surface area (TPSA) is 52.4 Å². The maximum Gasteiger partial charge on any atom is 0.269 e. The predicted molar refractivity (Wildman–Crippen MR) is 63.9 cm³/mol. The van der Waals surface area contributed by atoms with Crippen LogP contribution in [0.4, 0.5) is 5.69 Å². The van der Waals surface area contributed by atoms with Gasteiger partial charge in [-0.3, -0.25) is 10.1 Å². The monoisotopic (exact) mass is 228 g/mol. The first-order chi connectivity index (χ1) is 8.20. The minimum absolute atomic E-state index is 0.0802. The molecule has 0 aliphatic carbocycles. The molecule has 4 heteroatoms. The predicted octanol–water partition coefficient (Wildman–Crippen LogP) is 3.07. The minimum Gasteiger partial charge on any atom is -0.497 e. The maximum absolute atomic E-state index is 10.5. The standard InChI is InChI=1S/C13H10NO3/c1-17-13-4-2-3-11(9-13)10-5-7-12(8-6-10)14(15)16/h2,4-9H,1H3. The number of hydrogen-bond donors (Lipinski definition) is 0. The molecular weight excluding hydrogens is 218 g/mol. The molecule has 0 fully saturated rings. The first-order valence-electron chi connectivity index (χ1n) is 5.01. The average Bonchev–Trinajstić information content (AvgIpc) is 2.39. The molecule has 0 amide bonds. The van der Waals surface area contributed by atoms with Gasteiger partial charge in [0.1, 0.15) is 5.75 Å². The lowest BCUT2D eigenvalue weighted by molar-refractivity contribution is -0.384. The van der Waals surface area contributed by atoms with Gasteiger partial charge in [-0.15, -0.1) is 0 Å². The first kappa shape index (κ1) is 11.1. The number of rotatable bonds is 3. The summed E-state index contributed by atoms with van der Waals surface area (Å²) in [5.74, 6) is 0.733. The lowest BCUT2D eigenvalue weighted by atomic mass is 10.1. The van der Waals surface area contributed by atoms with Crippen molar-refractivity contribution in [2.45, 2.75) is 0 Å². The Morgan fingerprint density at radius 1 is 1.24 bits per heavy atom. The molecule has 0 saturated carbocycles. The van der Waals surface area contributed by atoms with Crippen molar-refractivity contribution in [2.75, 3.05) is 7.11 Å². The molecule has 0 unspecified atom stereocenters. The van der Waals surface area contributed by atoms with Gasteiger partial charge in [-0.2, -0.15) is 0 Å². The highest BCUT2D eigenvalue weighted by Gasteiger charge is 2.05. The Bertz CT molecular complexity index is 535. The molecule has 0 aromatic heterocycles. The highest BCUT2D eigenvalue weighted by molar-refractivity contribution is 5.65. The van der Waals surface area contributed by atoms with E-state index in [0.29, 0.717) is 0 Å². The lowest BCUT2D eigenvalue weighted by Gasteiger charge is -2.03. The summed E-state index contributed by atoms with van der Waals surface area (Å²) in [6, 6.07) is 14.8. The molecule has 2 aromatic rings. The van der Waals surface area contributed by atoms with E-state index in [9.17, 15) is 10.1 Å². The van der Waals surface area contributed by atoms with Crippen LogP contribution < -0.4 is 4.74 Å². The van der Waals surface area contributed by atoms with Gasteiger partial charge >= 0.3 is 0 Å². The van der Waals surface area contributed by atoms with Gasteiger partial charge in [0.05, 0.1) is 12.0 Å². The lowest BCUT2D eigenvalue weighted by Crippen LogP contribution is -1.88. The first-order valence-corrected chi connectivity index (χ1v) is 5.01. The third kappa shape index (κ3) is 2.42. The van der Waals surface area contributed by atoms with E-state index in [1.165, 1.54) is 12.1 Å². The summed E-state index contributed by atoms with van der Waals surface area (Å²) in [4.78, 5) is 10.1. The Labute approximate surface area is 98.6 Å². The van der Waals surface area contributed by atoms with E-state index in [1.807, 2.05) is 6.07 Å². The molecule has 4 nitrogen and oxygen atoms in total. The van der Waals surface area contributed by atoms with Crippen LogP contribution in [0.3, 0.4) is 0 Å². The van der Waals surface area contributed by atoms with Crippen molar-refractivity contribution in [1.29, 1.82) is 0 Å². The fourth-order valence-corrected chi connectivity index (χ4v) is 1.50. The summed E-state index contributed by atoms with van der Waals surface area (Å²) < 4.78 is 5.11. The van der Waals surface area contributed by atoms with Crippen molar-refractivity contribution in [3.63, 3.8) is 0 Å². The number of nitrogens with zero attached hydrogens (tertiary/aromatic N) is 1. The Kier molecular flexibility index (Phi) is 3.05. The number of benzene rings is 2. The Morgan fingerprint density at radius 2 is 1.94 bits per heavy atom. The SMILES string of the molecule is COc1cc[c]c(-c2ccc([N+](=O)[O-])cc2)c1. The van der Waals surface area contributed by atoms with Gasteiger partial charge < -0.3 is 4.74 Å². The molecular formula is C13H10NO3. The number of ether oxygens (including phenoxy) is 1. The molecule has 17 heavy (non-hydrogen) atoms. The van der Waals surface area contributed by atoms with E-state index in [0.717, 1.165) is 16.9 Å². The zero-order valence-electron chi connectivity index (χ0n) is 9.21. The molecule has 0 spiro atoms. The molecule has 0 bridgehead atoms.